The van der Waals surface area contributed by atoms with E-state index in [1.54, 1.807) is 12.1 Å². The number of halogens is 2. The Morgan fingerprint density at radius 1 is 0.735 bits per heavy atom. The highest BCUT2D eigenvalue weighted by molar-refractivity contribution is 6.00. The van der Waals surface area contributed by atoms with Crippen LogP contribution in [0.2, 0.25) is 0 Å². The number of carbonyl (C=O) groups is 3. The third-order valence-corrected chi connectivity index (χ3v) is 9.11. The summed E-state index contributed by atoms with van der Waals surface area (Å²) in [5.41, 5.74) is 2.48. The first-order valence-electron chi connectivity index (χ1n) is 16.7. The molecule has 3 aliphatic heterocycles. The van der Waals surface area contributed by atoms with Crippen molar-refractivity contribution in [3.8, 4) is 11.5 Å². The van der Waals surface area contributed by atoms with Crippen molar-refractivity contribution < 1.29 is 33.0 Å². The number of ketones is 3. The van der Waals surface area contributed by atoms with Gasteiger partial charge in [0.15, 0.2) is 34.7 Å². The van der Waals surface area contributed by atoms with Crippen LogP contribution in [0.3, 0.4) is 0 Å². The van der Waals surface area contributed by atoms with Crippen LogP contribution >= 0.6 is 0 Å². The quantitative estimate of drug-likeness (QED) is 0.222. The first-order valence-corrected chi connectivity index (χ1v) is 16.7. The second kappa shape index (κ2) is 16.6. The summed E-state index contributed by atoms with van der Waals surface area (Å²) in [5, 5.41) is 8.97. The number of aromatic hydroxyl groups is 1. The van der Waals surface area contributed by atoms with E-state index in [0.29, 0.717) is 17.8 Å². The summed E-state index contributed by atoms with van der Waals surface area (Å²) in [5.74, 6) is -1.57. The summed E-state index contributed by atoms with van der Waals surface area (Å²) in [6.45, 7) is 6.71. The molecule has 7 rings (SSSR count). The van der Waals surface area contributed by atoms with Gasteiger partial charge in [-0.1, -0.05) is 72.8 Å². The molecule has 3 aliphatic rings. The van der Waals surface area contributed by atoms with Crippen LogP contribution in [0.5, 0.6) is 11.5 Å². The van der Waals surface area contributed by atoms with E-state index in [-0.39, 0.29) is 22.9 Å². The van der Waals surface area contributed by atoms with Gasteiger partial charge >= 0.3 is 0 Å². The molecule has 9 heteroatoms. The van der Waals surface area contributed by atoms with Gasteiger partial charge in [0.2, 0.25) is 0 Å². The van der Waals surface area contributed by atoms with E-state index in [1.807, 2.05) is 24.3 Å². The fraction of sp³-hybridized carbons (Fsp3) is 0.325. The molecule has 0 aliphatic carbocycles. The van der Waals surface area contributed by atoms with E-state index in [9.17, 15) is 23.2 Å². The molecule has 256 valence electrons. The second-order valence-electron chi connectivity index (χ2n) is 12.8. The lowest BCUT2D eigenvalue weighted by Crippen LogP contribution is -2.50. The maximum Gasteiger partial charge on any atom is 0.170 e. The maximum absolute atomic E-state index is 14.1. The number of para-hydroxylation sites is 2. The molecule has 3 heterocycles. The predicted octanol–water partition coefficient (Wildman–Crippen LogP) is 7.41. The number of fused-ring (bicyclic) bond motifs is 1. The maximum atomic E-state index is 14.1. The van der Waals surface area contributed by atoms with Crippen molar-refractivity contribution in [1.29, 1.82) is 0 Å². The number of rotatable bonds is 5. The van der Waals surface area contributed by atoms with Gasteiger partial charge in [-0.2, -0.15) is 0 Å². The molecular formula is C40H42F2N2O5. The van der Waals surface area contributed by atoms with Crippen molar-refractivity contribution in [2.75, 3.05) is 26.2 Å². The molecular weight excluding hydrogens is 626 g/mol. The predicted molar refractivity (Wildman–Crippen MR) is 184 cm³/mol. The molecule has 1 spiro atoms. The van der Waals surface area contributed by atoms with Crippen molar-refractivity contribution in [2.24, 2.45) is 0 Å². The van der Waals surface area contributed by atoms with Gasteiger partial charge in [0.25, 0.3) is 0 Å². The number of phenols is 1. The van der Waals surface area contributed by atoms with Gasteiger partial charge in [-0.3, -0.25) is 24.2 Å². The van der Waals surface area contributed by atoms with Crippen LogP contribution in [-0.2, 0) is 17.9 Å². The summed E-state index contributed by atoms with van der Waals surface area (Å²) in [7, 11) is 0. The van der Waals surface area contributed by atoms with Gasteiger partial charge < -0.3 is 9.84 Å². The number of piperidine rings is 2. The molecule has 49 heavy (non-hydrogen) atoms. The number of hydrogen-bond acceptors (Lipinski definition) is 7. The molecule has 0 saturated carbocycles. The largest absolute Gasteiger partial charge is 0.504 e. The number of phenolic OH excluding ortho intramolecular Hbond substituents is 1. The number of ether oxygens (including phenoxy) is 1. The van der Waals surface area contributed by atoms with Crippen molar-refractivity contribution in [2.45, 2.75) is 57.7 Å². The molecule has 0 bridgehead atoms. The van der Waals surface area contributed by atoms with E-state index in [4.69, 9.17) is 9.84 Å². The van der Waals surface area contributed by atoms with Gasteiger partial charge in [-0.25, -0.2) is 8.78 Å². The highest BCUT2D eigenvalue weighted by atomic mass is 19.1. The normalized spacial score (nSPS) is 17.1. The van der Waals surface area contributed by atoms with Crippen LogP contribution in [-0.4, -0.2) is 64.0 Å². The van der Waals surface area contributed by atoms with Crippen LogP contribution < -0.4 is 4.74 Å². The van der Waals surface area contributed by atoms with Gasteiger partial charge in [0.05, 0.1) is 17.5 Å². The minimum absolute atomic E-state index is 0.00717. The van der Waals surface area contributed by atoms with Gasteiger partial charge in [0, 0.05) is 65.0 Å². The second-order valence-corrected chi connectivity index (χ2v) is 12.8. The van der Waals surface area contributed by atoms with Crippen molar-refractivity contribution in [3.63, 3.8) is 0 Å². The summed E-state index contributed by atoms with van der Waals surface area (Å²) < 4.78 is 32.6. The summed E-state index contributed by atoms with van der Waals surface area (Å²) in [4.78, 5) is 38.9. The Kier molecular flexibility index (Phi) is 12.0. The minimum atomic E-state index is -0.766. The van der Waals surface area contributed by atoms with Crippen LogP contribution in [0.4, 0.5) is 8.78 Å². The molecule has 0 aromatic heterocycles. The van der Waals surface area contributed by atoms with Crippen LogP contribution in [0.1, 0.15) is 70.9 Å². The first-order chi connectivity index (χ1) is 23.6. The summed E-state index contributed by atoms with van der Waals surface area (Å²) in [6.07, 6.45) is 3.31. The number of likely N-dealkylation sites (tertiary alicyclic amines) is 2. The number of hydrogen-bond donors (Lipinski definition) is 1. The highest BCUT2D eigenvalue weighted by Gasteiger charge is 2.43. The Hall–Kier alpha value is -4.73. The van der Waals surface area contributed by atoms with Crippen LogP contribution in [0, 0.1) is 11.6 Å². The van der Waals surface area contributed by atoms with E-state index in [1.165, 1.54) is 36.2 Å². The first kappa shape index (κ1) is 35.6. The molecule has 2 saturated heterocycles. The molecule has 1 N–H and O–H groups in total. The Morgan fingerprint density at radius 3 is 1.82 bits per heavy atom. The van der Waals surface area contributed by atoms with Crippen molar-refractivity contribution in [1.82, 2.24) is 9.80 Å². The van der Waals surface area contributed by atoms with Crippen LogP contribution in [0.25, 0.3) is 0 Å². The van der Waals surface area contributed by atoms with Crippen LogP contribution in [0.15, 0.2) is 97.1 Å². The Labute approximate surface area is 286 Å². The van der Waals surface area contributed by atoms with E-state index in [0.717, 1.165) is 71.0 Å². The summed E-state index contributed by atoms with van der Waals surface area (Å²) >= 11 is 0. The number of Topliss-reactive ketones (excluding diaryl/α,β-unsaturated/α-hetero) is 3. The number of benzene rings is 4. The summed E-state index contributed by atoms with van der Waals surface area (Å²) in [6, 6.07) is 29.2. The Morgan fingerprint density at radius 2 is 1.27 bits per heavy atom. The van der Waals surface area contributed by atoms with Gasteiger partial charge in [-0.15, -0.1) is 0 Å². The van der Waals surface area contributed by atoms with E-state index in [2.05, 4.69) is 46.2 Å². The highest BCUT2D eigenvalue weighted by Crippen LogP contribution is 2.40. The molecule has 0 atom stereocenters. The minimum Gasteiger partial charge on any atom is -0.504 e. The van der Waals surface area contributed by atoms with E-state index < -0.39 is 23.0 Å². The lowest BCUT2D eigenvalue weighted by atomic mass is 9.82. The average Bonchev–Trinajstić information content (AvgIpc) is 3.10. The third-order valence-electron chi connectivity index (χ3n) is 9.11. The number of carbonyl (C=O) groups excluding carboxylic acids is 3. The Bertz CT molecular complexity index is 1730. The average molecular weight is 669 g/mol. The topological polar surface area (TPSA) is 87.1 Å². The zero-order chi connectivity index (χ0) is 34.8. The van der Waals surface area contributed by atoms with Crippen molar-refractivity contribution in [3.05, 3.63) is 131 Å². The molecule has 0 radical (unpaired) electrons. The van der Waals surface area contributed by atoms with E-state index >= 15 is 0 Å². The zero-order valence-electron chi connectivity index (χ0n) is 27.7. The standard InChI is InChI=1S/C20H20FNO2.C12H15NO.C8H7FO2/c21-17-8-4-7-16-18(23)13-20(24-19(16)17)9-11-22(12-10-20)14-15-5-2-1-3-6-15;14-12-6-8-13(9-7-12)10-11-4-2-1-3-5-11;1-5(10)6-3-2-4-7(9)8(6)11/h1-8H,9-14H2;1-5H,6-10H2;2-4,11H,1H3. The lowest BCUT2D eigenvalue weighted by molar-refractivity contribution is -0.121. The third kappa shape index (κ3) is 9.68. The molecule has 4 aromatic rings. The van der Waals surface area contributed by atoms with Crippen molar-refractivity contribution >= 4 is 17.3 Å². The molecule has 0 unspecified atom stereocenters. The smallest absolute Gasteiger partial charge is 0.170 e. The fourth-order valence-electron chi connectivity index (χ4n) is 6.31. The molecule has 7 nitrogen and oxygen atoms in total. The molecule has 4 aromatic carbocycles. The lowest BCUT2D eigenvalue weighted by Gasteiger charge is -2.44. The Balaban J connectivity index is 0.000000159. The zero-order valence-corrected chi connectivity index (χ0v) is 27.7. The molecule has 0 amide bonds. The molecule has 2 fully saturated rings. The monoisotopic (exact) mass is 668 g/mol. The SMILES string of the molecule is CC(=O)c1cccc(F)c1O.O=C1CC2(CCN(Cc3ccccc3)CC2)Oc2c(F)cccc21.O=C1CCN(Cc2ccccc2)CC1. The fourth-order valence-corrected chi connectivity index (χ4v) is 6.31. The van der Waals surface area contributed by atoms with Gasteiger partial charge in [-0.05, 0) is 42.3 Å². The number of nitrogens with zero attached hydrogens (tertiary/aromatic N) is 2. The van der Waals surface area contributed by atoms with Gasteiger partial charge in [0.1, 0.15) is 11.4 Å².